The average Bonchev–Trinajstić information content (AvgIpc) is 2.79. The zero-order chi connectivity index (χ0) is 23.8. The lowest BCUT2D eigenvalue weighted by atomic mass is 10.0. The number of anilines is 1. The lowest BCUT2D eigenvalue weighted by Gasteiger charge is -2.22. The summed E-state index contributed by atoms with van der Waals surface area (Å²) in [7, 11) is -3.42. The van der Waals surface area contributed by atoms with Crippen LogP contribution in [-0.4, -0.2) is 32.5 Å². The Morgan fingerprint density at radius 3 is 2.12 bits per heavy atom. The number of amides is 2. The summed E-state index contributed by atoms with van der Waals surface area (Å²) >= 11 is 0. The highest BCUT2D eigenvalue weighted by Crippen LogP contribution is 2.18. The Morgan fingerprint density at radius 1 is 0.848 bits per heavy atom. The summed E-state index contributed by atoms with van der Waals surface area (Å²) in [5.41, 5.74) is 2.52. The van der Waals surface area contributed by atoms with Crippen LogP contribution in [0.25, 0.3) is 0 Å². The molecule has 0 saturated carbocycles. The van der Waals surface area contributed by atoms with E-state index in [1.54, 1.807) is 55.5 Å². The Balaban J connectivity index is 1.76. The quantitative estimate of drug-likeness (QED) is 0.451. The van der Waals surface area contributed by atoms with Gasteiger partial charge in [0.2, 0.25) is 15.9 Å². The van der Waals surface area contributed by atoms with Gasteiger partial charge in [-0.15, -0.1) is 0 Å². The second-order valence-electron chi connectivity index (χ2n) is 7.81. The summed E-state index contributed by atoms with van der Waals surface area (Å²) in [6, 6.07) is 23.8. The first kappa shape index (κ1) is 24.0. The van der Waals surface area contributed by atoms with Crippen molar-refractivity contribution in [2.75, 3.05) is 11.0 Å². The fourth-order valence-electron chi connectivity index (χ4n) is 3.37. The highest BCUT2D eigenvalue weighted by Gasteiger charge is 2.23. The zero-order valence-electron chi connectivity index (χ0n) is 18.5. The lowest BCUT2D eigenvalue weighted by Crippen LogP contribution is -2.48. The van der Waals surface area contributed by atoms with Gasteiger partial charge >= 0.3 is 0 Å². The number of rotatable bonds is 9. The van der Waals surface area contributed by atoms with Crippen LogP contribution < -0.4 is 15.4 Å². The minimum Gasteiger partial charge on any atom is -0.348 e. The van der Waals surface area contributed by atoms with E-state index in [0.29, 0.717) is 17.7 Å². The second kappa shape index (κ2) is 10.8. The van der Waals surface area contributed by atoms with E-state index in [1.807, 2.05) is 36.4 Å². The van der Waals surface area contributed by atoms with Crippen LogP contribution in [-0.2, 0) is 21.2 Å². The molecule has 0 saturated heterocycles. The van der Waals surface area contributed by atoms with E-state index in [4.69, 9.17) is 0 Å². The van der Waals surface area contributed by atoms with Crippen LogP contribution in [0.4, 0.5) is 5.69 Å². The molecule has 3 aromatic rings. The van der Waals surface area contributed by atoms with Gasteiger partial charge in [-0.3, -0.25) is 14.3 Å². The topological polar surface area (TPSA) is 104 Å². The molecule has 0 bridgehead atoms. The summed E-state index contributed by atoms with van der Waals surface area (Å²) in [5.74, 6) is -0.671. The first-order valence-corrected chi connectivity index (χ1v) is 12.4. The standard InChI is InChI=1S/C25H27N3O4S/c1-18(21-14-9-15-22(17-21)28-33(2,31)32)26-25(30)23(16-19-10-5-3-6-11-19)27-24(29)20-12-7-4-8-13-20/h3-15,17-18,23,28H,16H2,1-2H3,(H,26,30)(H,27,29). The van der Waals surface area contributed by atoms with Crippen molar-refractivity contribution in [3.8, 4) is 0 Å². The van der Waals surface area contributed by atoms with Crippen molar-refractivity contribution in [2.45, 2.75) is 25.4 Å². The molecule has 0 radical (unpaired) electrons. The maximum Gasteiger partial charge on any atom is 0.251 e. The van der Waals surface area contributed by atoms with Crippen LogP contribution in [0.5, 0.6) is 0 Å². The molecule has 3 rings (SSSR count). The molecule has 0 heterocycles. The predicted octanol–water partition coefficient (Wildman–Crippen LogP) is 3.28. The van der Waals surface area contributed by atoms with Gasteiger partial charge in [-0.25, -0.2) is 8.42 Å². The van der Waals surface area contributed by atoms with E-state index in [-0.39, 0.29) is 11.8 Å². The smallest absolute Gasteiger partial charge is 0.251 e. The van der Waals surface area contributed by atoms with Gasteiger partial charge < -0.3 is 10.6 Å². The first-order chi connectivity index (χ1) is 15.7. The largest absolute Gasteiger partial charge is 0.348 e. The minimum absolute atomic E-state index is 0.327. The molecule has 2 amide bonds. The van der Waals surface area contributed by atoms with E-state index in [0.717, 1.165) is 17.4 Å². The van der Waals surface area contributed by atoms with Gasteiger partial charge in [-0.1, -0.05) is 60.7 Å². The zero-order valence-corrected chi connectivity index (χ0v) is 19.3. The minimum atomic E-state index is -3.42. The van der Waals surface area contributed by atoms with Gasteiger partial charge in [0.1, 0.15) is 6.04 Å². The molecule has 0 spiro atoms. The van der Waals surface area contributed by atoms with E-state index < -0.39 is 22.1 Å². The van der Waals surface area contributed by atoms with E-state index in [9.17, 15) is 18.0 Å². The third-order valence-electron chi connectivity index (χ3n) is 4.99. The van der Waals surface area contributed by atoms with Crippen LogP contribution in [0.3, 0.4) is 0 Å². The summed E-state index contributed by atoms with van der Waals surface area (Å²) in [5, 5.41) is 5.77. The van der Waals surface area contributed by atoms with Crippen molar-refractivity contribution >= 4 is 27.5 Å². The number of carbonyl (C=O) groups excluding carboxylic acids is 2. The molecule has 0 aliphatic heterocycles. The van der Waals surface area contributed by atoms with E-state index in [2.05, 4.69) is 15.4 Å². The average molecular weight is 466 g/mol. The number of hydrogen-bond acceptors (Lipinski definition) is 4. The molecule has 0 aromatic heterocycles. The number of carbonyl (C=O) groups is 2. The van der Waals surface area contributed by atoms with Crippen molar-refractivity contribution in [1.29, 1.82) is 0 Å². The van der Waals surface area contributed by atoms with Crippen molar-refractivity contribution in [3.63, 3.8) is 0 Å². The second-order valence-corrected chi connectivity index (χ2v) is 9.56. The lowest BCUT2D eigenvalue weighted by molar-refractivity contribution is -0.123. The first-order valence-electron chi connectivity index (χ1n) is 10.5. The Labute approximate surface area is 194 Å². The predicted molar refractivity (Wildman–Crippen MR) is 129 cm³/mol. The van der Waals surface area contributed by atoms with Crippen LogP contribution in [0.2, 0.25) is 0 Å². The van der Waals surface area contributed by atoms with Crippen LogP contribution in [0.1, 0.15) is 34.5 Å². The molecule has 0 fully saturated rings. The molecule has 8 heteroatoms. The van der Waals surface area contributed by atoms with Crippen molar-refractivity contribution in [3.05, 3.63) is 102 Å². The number of hydrogen-bond donors (Lipinski definition) is 3. The van der Waals surface area contributed by atoms with E-state index in [1.165, 1.54) is 0 Å². The van der Waals surface area contributed by atoms with Gasteiger partial charge in [0, 0.05) is 17.7 Å². The molecule has 0 aliphatic carbocycles. The highest BCUT2D eigenvalue weighted by atomic mass is 32.2. The molecular weight excluding hydrogens is 438 g/mol. The van der Waals surface area contributed by atoms with Crippen molar-refractivity contribution < 1.29 is 18.0 Å². The Kier molecular flexibility index (Phi) is 7.84. The Bertz CT molecular complexity index is 1200. The monoisotopic (exact) mass is 465 g/mol. The molecule has 3 N–H and O–H groups in total. The third kappa shape index (κ3) is 7.47. The molecule has 2 unspecified atom stereocenters. The van der Waals surface area contributed by atoms with Crippen LogP contribution >= 0.6 is 0 Å². The fourth-order valence-corrected chi connectivity index (χ4v) is 3.93. The van der Waals surface area contributed by atoms with Crippen molar-refractivity contribution in [1.82, 2.24) is 10.6 Å². The van der Waals surface area contributed by atoms with Gasteiger partial charge in [0.15, 0.2) is 0 Å². The molecule has 3 aromatic carbocycles. The van der Waals surface area contributed by atoms with Gasteiger partial charge in [-0.05, 0) is 42.3 Å². The normalized spacial score (nSPS) is 12.9. The molecule has 33 heavy (non-hydrogen) atoms. The third-order valence-corrected chi connectivity index (χ3v) is 5.60. The molecule has 0 aliphatic rings. The molecule has 7 nitrogen and oxygen atoms in total. The Hall–Kier alpha value is -3.65. The maximum atomic E-state index is 13.2. The van der Waals surface area contributed by atoms with Gasteiger partial charge in [0.05, 0.1) is 12.3 Å². The number of sulfonamides is 1. The summed E-state index contributed by atoms with van der Waals surface area (Å²) in [4.78, 5) is 25.9. The van der Waals surface area contributed by atoms with Crippen molar-refractivity contribution in [2.24, 2.45) is 0 Å². The number of benzene rings is 3. The van der Waals surface area contributed by atoms with Gasteiger partial charge in [0.25, 0.3) is 5.91 Å². The Morgan fingerprint density at radius 2 is 1.48 bits per heavy atom. The highest BCUT2D eigenvalue weighted by molar-refractivity contribution is 7.92. The molecule has 2 atom stereocenters. The summed E-state index contributed by atoms with van der Waals surface area (Å²) < 4.78 is 25.5. The van der Waals surface area contributed by atoms with Gasteiger partial charge in [-0.2, -0.15) is 0 Å². The fraction of sp³-hybridized carbons (Fsp3) is 0.200. The van der Waals surface area contributed by atoms with E-state index >= 15 is 0 Å². The maximum absolute atomic E-state index is 13.2. The molecular formula is C25H27N3O4S. The molecule has 172 valence electrons. The summed E-state index contributed by atoms with van der Waals surface area (Å²) in [6.07, 6.45) is 1.40. The SMILES string of the molecule is CC(NC(=O)C(Cc1ccccc1)NC(=O)c1ccccc1)c1cccc(NS(C)(=O)=O)c1. The number of nitrogens with one attached hydrogen (secondary N) is 3. The van der Waals surface area contributed by atoms with Crippen LogP contribution in [0, 0.1) is 0 Å². The summed E-state index contributed by atoms with van der Waals surface area (Å²) in [6.45, 7) is 1.80. The van der Waals surface area contributed by atoms with Crippen LogP contribution in [0.15, 0.2) is 84.9 Å².